The Morgan fingerprint density at radius 1 is 1.14 bits per heavy atom. The number of nitrogens with one attached hydrogen (secondary N) is 2. The smallest absolute Gasteiger partial charge is 0.175 e. The minimum atomic E-state index is 0.518. The van der Waals surface area contributed by atoms with Gasteiger partial charge in [0, 0.05) is 16.4 Å². The van der Waals surface area contributed by atoms with Gasteiger partial charge in [0.15, 0.2) is 5.11 Å². The van der Waals surface area contributed by atoms with Crippen LogP contribution in [0.2, 0.25) is 5.02 Å². The molecule has 0 atom stereocenters. The van der Waals surface area contributed by atoms with Gasteiger partial charge in [0.1, 0.15) is 5.75 Å². The van der Waals surface area contributed by atoms with E-state index in [0.29, 0.717) is 16.7 Å². The number of halogens is 1. The van der Waals surface area contributed by atoms with Gasteiger partial charge in [-0.1, -0.05) is 17.7 Å². The molecule has 2 aromatic carbocycles. The fourth-order valence-corrected chi connectivity index (χ4v) is 2.21. The Bertz CT molecular complexity index is 629. The SMILES string of the molecule is CCOc1ccc(NC(=S)Nc2cc(Cl)ccc2C)cc1. The van der Waals surface area contributed by atoms with E-state index in [1.165, 1.54) is 0 Å². The Morgan fingerprint density at radius 3 is 2.52 bits per heavy atom. The quantitative estimate of drug-likeness (QED) is 0.788. The third kappa shape index (κ3) is 4.62. The molecule has 5 heteroatoms. The van der Waals surface area contributed by atoms with Crippen LogP contribution in [-0.4, -0.2) is 11.7 Å². The highest BCUT2D eigenvalue weighted by molar-refractivity contribution is 7.80. The maximum absolute atomic E-state index is 5.99. The van der Waals surface area contributed by atoms with Crippen molar-refractivity contribution in [1.29, 1.82) is 0 Å². The fraction of sp³-hybridized carbons (Fsp3) is 0.188. The average molecular weight is 321 g/mol. The van der Waals surface area contributed by atoms with E-state index in [2.05, 4.69) is 10.6 Å². The minimum absolute atomic E-state index is 0.518. The molecule has 0 saturated heterocycles. The number of thiocarbonyl (C=S) groups is 1. The van der Waals surface area contributed by atoms with Crippen LogP contribution in [0.5, 0.6) is 5.75 Å². The largest absolute Gasteiger partial charge is 0.494 e. The molecule has 0 aliphatic carbocycles. The van der Waals surface area contributed by atoms with Gasteiger partial charge in [-0.2, -0.15) is 0 Å². The predicted octanol–water partition coefficient (Wildman–Crippen LogP) is 4.86. The zero-order valence-electron chi connectivity index (χ0n) is 11.9. The van der Waals surface area contributed by atoms with Gasteiger partial charge in [0.05, 0.1) is 6.61 Å². The highest BCUT2D eigenvalue weighted by Crippen LogP contribution is 2.21. The molecule has 0 radical (unpaired) electrons. The van der Waals surface area contributed by atoms with Crippen LogP contribution in [-0.2, 0) is 0 Å². The molecule has 0 unspecified atom stereocenters. The Morgan fingerprint density at radius 2 is 1.86 bits per heavy atom. The lowest BCUT2D eigenvalue weighted by Crippen LogP contribution is -2.19. The molecule has 0 aliphatic rings. The summed E-state index contributed by atoms with van der Waals surface area (Å²) in [5, 5.41) is 7.46. The molecule has 0 aliphatic heterocycles. The van der Waals surface area contributed by atoms with E-state index in [9.17, 15) is 0 Å². The molecule has 0 saturated carbocycles. The van der Waals surface area contributed by atoms with Crippen molar-refractivity contribution in [3.63, 3.8) is 0 Å². The zero-order chi connectivity index (χ0) is 15.2. The van der Waals surface area contributed by atoms with E-state index >= 15 is 0 Å². The van der Waals surface area contributed by atoms with Crippen LogP contribution < -0.4 is 15.4 Å². The minimum Gasteiger partial charge on any atom is -0.494 e. The van der Waals surface area contributed by atoms with Crippen LogP contribution >= 0.6 is 23.8 Å². The molecule has 0 fully saturated rings. The van der Waals surface area contributed by atoms with Gasteiger partial charge in [-0.25, -0.2) is 0 Å². The Labute approximate surface area is 135 Å². The van der Waals surface area contributed by atoms with Crippen molar-refractivity contribution in [2.75, 3.05) is 17.2 Å². The molecule has 110 valence electrons. The van der Waals surface area contributed by atoms with E-state index in [4.69, 9.17) is 28.6 Å². The van der Waals surface area contributed by atoms with Gasteiger partial charge in [-0.3, -0.25) is 0 Å². The summed E-state index contributed by atoms with van der Waals surface area (Å²) in [6, 6.07) is 13.3. The van der Waals surface area contributed by atoms with Gasteiger partial charge in [-0.05, 0) is 68.0 Å². The molecule has 0 spiro atoms. The van der Waals surface area contributed by atoms with Gasteiger partial charge >= 0.3 is 0 Å². The van der Waals surface area contributed by atoms with E-state index in [1.54, 1.807) is 0 Å². The van der Waals surface area contributed by atoms with Crippen molar-refractivity contribution in [3.8, 4) is 5.75 Å². The molecule has 2 rings (SSSR count). The van der Waals surface area contributed by atoms with Gasteiger partial charge in [-0.15, -0.1) is 0 Å². The maximum atomic E-state index is 5.99. The van der Waals surface area contributed by atoms with Crippen molar-refractivity contribution in [2.45, 2.75) is 13.8 Å². The molecule has 0 amide bonds. The van der Waals surface area contributed by atoms with E-state index in [0.717, 1.165) is 22.7 Å². The number of benzene rings is 2. The molecule has 2 N–H and O–H groups in total. The second kappa shape index (κ2) is 7.29. The number of hydrogen-bond acceptors (Lipinski definition) is 2. The highest BCUT2D eigenvalue weighted by Gasteiger charge is 2.03. The van der Waals surface area contributed by atoms with E-state index in [1.807, 2.05) is 56.3 Å². The van der Waals surface area contributed by atoms with Gasteiger partial charge in [0.2, 0.25) is 0 Å². The molecular formula is C16H17ClN2OS. The van der Waals surface area contributed by atoms with Crippen molar-refractivity contribution in [3.05, 3.63) is 53.1 Å². The number of ether oxygens (including phenoxy) is 1. The van der Waals surface area contributed by atoms with Crippen LogP contribution in [0.1, 0.15) is 12.5 Å². The maximum Gasteiger partial charge on any atom is 0.175 e. The fourth-order valence-electron chi connectivity index (χ4n) is 1.81. The highest BCUT2D eigenvalue weighted by atomic mass is 35.5. The molecule has 3 nitrogen and oxygen atoms in total. The van der Waals surface area contributed by atoms with Crippen LogP contribution in [0.15, 0.2) is 42.5 Å². The van der Waals surface area contributed by atoms with Crippen LogP contribution in [0.25, 0.3) is 0 Å². The summed E-state index contributed by atoms with van der Waals surface area (Å²) >= 11 is 11.3. The first-order chi connectivity index (χ1) is 10.1. The Hall–Kier alpha value is -1.78. The lowest BCUT2D eigenvalue weighted by Gasteiger charge is -2.13. The number of aryl methyl sites for hydroxylation is 1. The second-order valence-electron chi connectivity index (χ2n) is 4.50. The summed E-state index contributed by atoms with van der Waals surface area (Å²) in [6.45, 7) is 4.61. The topological polar surface area (TPSA) is 33.3 Å². The molecule has 0 aromatic heterocycles. The zero-order valence-corrected chi connectivity index (χ0v) is 13.5. The van der Waals surface area contributed by atoms with Crippen LogP contribution in [0, 0.1) is 6.92 Å². The van der Waals surface area contributed by atoms with E-state index < -0.39 is 0 Å². The molecule has 21 heavy (non-hydrogen) atoms. The standard InChI is InChI=1S/C16H17ClN2OS/c1-3-20-14-8-6-13(7-9-14)18-16(21)19-15-10-12(17)5-4-11(15)2/h4-10H,3H2,1-2H3,(H2,18,19,21). The lowest BCUT2D eigenvalue weighted by molar-refractivity contribution is 0.340. The monoisotopic (exact) mass is 320 g/mol. The Kier molecular flexibility index (Phi) is 5.42. The summed E-state index contributed by atoms with van der Waals surface area (Å²) < 4.78 is 5.40. The summed E-state index contributed by atoms with van der Waals surface area (Å²) in [7, 11) is 0. The van der Waals surface area contributed by atoms with Crippen LogP contribution in [0.3, 0.4) is 0 Å². The van der Waals surface area contributed by atoms with Gasteiger partial charge < -0.3 is 15.4 Å². The van der Waals surface area contributed by atoms with E-state index in [-0.39, 0.29) is 0 Å². The normalized spacial score (nSPS) is 10.0. The van der Waals surface area contributed by atoms with Crippen molar-refractivity contribution < 1.29 is 4.74 Å². The summed E-state index contributed by atoms with van der Waals surface area (Å²) in [6.07, 6.45) is 0. The number of anilines is 2. The Balaban J connectivity index is 1.99. The van der Waals surface area contributed by atoms with Crippen LogP contribution in [0.4, 0.5) is 11.4 Å². The number of hydrogen-bond donors (Lipinski definition) is 2. The first-order valence-electron chi connectivity index (χ1n) is 6.65. The van der Waals surface area contributed by atoms with Crippen molar-refractivity contribution in [1.82, 2.24) is 0 Å². The molecule has 0 heterocycles. The lowest BCUT2D eigenvalue weighted by atomic mass is 10.2. The second-order valence-corrected chi connectivity index (χ2v) is 5.34. The summed E-state index contributed by atoms with van der Waals surface area (Å²) in [5.74, 6) is 0.840. The third-order valence-electron chi connectivity index (χ3n) is 2.87. The average Bonchev–Trinajstić information content (AvgIpc) is 2.45. The number of rotatable bonds is 4. The van der Waals surface area contributed by atoms with Gasteiger partial charge in [0.25, 0.3) is 0 Å². The van der Waals surface area contributed by atoms with Crippen molar-refractivity contribution in [2.24, 2.45) is 0 Å². The van der Waals surface area contributed by atoms with Crippen molar-refractivity contribution >= 4 is 40.3 Å². The summed E-state index contributed by atoms with van der Waals surface area (Å²) in [5.41, 5.74) is 2.87. The molecule has 0 bridgehead atoms. The third-order valence-corrected chi connectivity index (χ3v) is 3.31. The predicted molar refractivity (Wildman–Crippen MR) is 93.6 cm³/mol. The first-order valence-corrected chi connectivity index (χ1v) is 7.44. The first kappa shape index (κ1) is 15.6. The summed E-state index contributed by atoms with van der Waals surface area (Å²) in [4.78, 5) is 0. The molecule has 2 aromatic rings. The molecular weight excluding hydrogens is 304 g/mol.